The molecule has 7 N–H and O–H groups in total. The molecule has 19 heterocycles. The van der Waals surface area contributed by atoms with Crippen LogP contribution in [0.15, 0.2) is 121 Å². The van der Waals surface area contributed by atoms with E-state index in [4.69, 9.17) is 0 Å². The number of hydrogen-bond acceptors (Lipinski definition) is 14. The Labute approximate surface area is 808 Å². The van der Waals surface area contributed by atoms with Gasteiger partial charge in [-0.3, -0.25) is 9.59 Å². The zero-order valence-electron chi connectivity index (χ0n) is 81.4. The van der Waals surface area contributed by atoms with Crippen molar-refractivity contribution in [3.8, 4) is 0 Å². The third-order valence-electron chi connectivity index (χ3n) is 35.3. The van der Waals surface area contributed by atoms with Crippen molar-refractivity contribution >= 4 is 29.9 Å². The average Bonchev–Trinajstić information content (AvgIpc) is 0.886. The number of fused-ring (bicyclic) bond motifs is 8. The zero-order valence-corrected chi connectivity index (χ0v) is 81.4. The molecule has 0 radical (unpaired) electrons. The number of hydroxylamine groups is 6. The van der Waals surface area contributed by atoms with Crippen LogP contribution in [0.25, 0.3) is 0 Å². The van der Waals surface area contributed by atoms with Gasteiger partial charge in [0, 0.05) is 223 Å². The molecule has 16 bridgehead atoms. The first-order valence-corrected chi connectivity index (χ1v) is 52.8. The average molecular weight is 1900 g/mol. The van der Waals surface area contributed by atoms with Gasteiger partial charge in [0.1, 0.15) is 73.8 Å². The van der Waals surface area contributed by atoms with Gasteiger partial charge in [0.05, 0.1) is 12.0 Å². The number of hydrogen-bond donors (Lipinski definition) is 7. The van der Waals surface area contributed by atoms with Gasteiger partial charge in [-0.05, 0) is 259 Å². The van der Waals surface area contributed by atoms with Gasteiger partial charge in [0.25, 0.3) is 0 Å². The van der Waals surface area contributed by atoms with Crippen molar-refractivity contribution in [3.63, 3.8) is 0 Å². The van der Waals surface area contributed by atoms with E-state index in [0.717, 1.165) is 308 Å². The number of likely N-dealkylation sites (tertiary alicyclic amines) is 5. The number of urea groups is 3. The molecule has 23 fully saturated rings. The first-order valence-electron chi connectivity index (χ1n) is 52.8. The number of amides is 8. The normalized spacial score (nSPS) is 35.3. The lowest BCUT2D eigenvalue weighted by Gasteiger charge is -2.61. The number of nitrogens with zero attached hydrogens (tertiary/aromatic N) is 12. The summed E-state index contributed by atoms with van der Waals surface area (Å²) in [5.41, 5.74) is 5.70. The Kier molecular flexibility index (Phi) is 30.2. The van der Waals surface area contributed by atoms with Crippen molar-refractivity contribution in [2.24, 2.45) is 45.3 Å². The van der Waals surface area contributed by atoms with E-state index in [-0.39, 0.29) is 115 Å². The van der Waals surface area contributed by atoms with E-state index in [1.54, 1.807) is 0 Å². The van der Waals surface area contributed by atoms with Gasteiger partial charge in [0.2, 0.25) is 11.8 Å². The molecular weight excluding hydrogens is 1740 g/mol. The fourth-order valence-corrected chi connectivity index (χ4v) is 29.5. The largest absolute Gasteiger partial charge is 0.352 e. The van der Waals surface area contributed by atoms with Crippen molar-refractivity contribution in [2.45, 2.75) is 229 Å². The molecule has 13 atom stereocenters. The van der Waals surface area contributed by atoms with Crippen LogP contribution in [0.5, 0.6) is 0 Å². The molecule has 8 amide bonds. The number of nitrogens with one attached hydrogen (secondary N) is 5. The van der Waals surface area contributed by atoms with E-state index in [9.17, 15) is 56.3 Å². The summed E-state index contributed by atoms with van der Waals surface area (Å²) in [6.07, 6.45) is 26.4. The Morgan fingerprint density at radius 1 is 0.336 bits per heavy atom. The van der Waals surface area contributed by atoms with E-state index >= 15 is 0 Å². The summed E-state index contributed by atoms with van der Waals surface area (Å²) >= 11 is 0. The molecule has 137 heavy (non-hydrogen) atoms. The van der Waals surface area contributed by atoms with Gasteiger partial charge in [-0.25, -0.2) is 46.8 Å². The summed E-state index contributed by atoms with van der Waals surface area (Å²) in [6, 6.07) is 37.0. The Bertz CT molecular complexity index is 4860. The van der Waals surface area contributed by atoms with Crippen LogP contribution in [0.1, 0.15) is 170 Å². The molecule has 746 valence electrons. The first-order chi connectivity index (χ1) is 66.0. The molecule has 0 aromatic heterocycles. The van der Waals surface area contributed by atoms with Crippen LogP contribution >= 0.6 is 0 Å². The van der Waals surface area contributed by atoms with Crippen molar-refractivity contribution in [3.05, 3.63) is 178 Å². The monoisotopic (exact) mass is 1900 g/mol. The molecule has 19 aliphatic heterocycles. The van der Waals surface area contributed by atoms with E-state index in [2.05, 4.69) is 84.5 Å². The molecule has 8 unspecified atom stereocenters. The Morgan fingerprint density at radius 2 is 0.701 bits per heavy atom. The smallest absolute Gasteiger partial charge is 0.318 e. The van der Waals surface area contributed by atoms with Crippen molar-refractivity contribution in [1.29, 1.82) is 0 Å². The van der Waals surface area contributed by atoms with Crippen LogP contribution in [-0.2, 0) is 41.7 Å². The van der Waals surface area contributed by atoms with Gasteiger partial charge in [-0.2, -0.15) is 9.29 Å². The maximum absolute atomic E-state index is 13.4. The second-order valence-electron chi connectivity index (χ2n) is 46.5. The van der Waals surface area contributed by atoms with Crippen LogP contribution in [0, 0.1) is 74.4 Å². The summed E-state index contributed by atoms with van der Waals surface area (Å²) in [5, 5.41) is 38.1. The Balaban J connectivity index is 0.000000110. The van der Waals surface area contributed by atoms with E-state index < -0.39 is 0 Å². The van der Waals surface area contributed by atoms with Crippen LogP contribution in [0.3, 0.4) is 0 Å². The minimum atomic E-state index is -0.384. The lowest BCUT2D eigenvalue weighted by atomic mass is 9.53. The predicted octanol–water partition coefficient (Wildman–Crippen LogP) is 12.4. The summed E-state index contributed by atoms with van der Waals surface area (Å²) in [7, 11) is 0. The molecule has 5 aromatic rings. The highest BCUT2D eigenvalue weighted by atomic mass is 19.1. The Hall–Kier alpha value is -7.94. The molecule has 0 spiro atoms. The lowest BCUT2D eigenvalue weighted by molar-refractivity contribution is -1.12. The van der Waals surface area contributed by atoms with Crippen molar-refractivity contribution < 1.29 is 65.6 Å². The molecule has 24 nitrogen and oxygen atoms in total. The number of benzene rings is 5. The van der Waals surface area contributed by atoms with Crippen LogP contribution < -0.4 is 26.6 Å². The van der Waals surface area contributed by atoms with Crippen LogP contribution in [0.2, 0.25) is 0 Å². The Morgan fingerprint density at radius 3 is 1.09 bits per heavy atom. The van der Waals surface area contributed by atoms with E-state index in [1.807, 2.05) is 65.6 Å². The maximum atomic E-state index is 13.4. The fraction of sp³-hybridized carbons (Fsp3) is 0.676. The third kappa shape index (κ3) is 24.5. The molecule has 23 aliphatic rings. The number of halogens is 5. The van der Waals surface area contributed by atoms with Gasteiger partial charge >= 0.3 is 18.1 Å². The number of piperidine rings is 10. The summed E-state index contributed by atoms with van der Waals surface area (Å²) in [5.74, 6) is 2.50. The number of carbonyl (C=O) groups excluding carboxylic acids is 5. The predicted molar refractivity (Wildman–Crippen MR) is 517 cm³/mol. The highest BCUT2D eigenvalue weighted by molar-refractivity contribution is 5.85. The molecule has 4 aliphatic carbocycles. The SMILES string of the molecule is CC12CC3CC(C(=O)N[C@H]4CCN(CCc5ccc(F)cc5)C4)(C1)C[N+](O)(C3)C2.CC12CC3CN(C1)CC(C(=O)N[C@H]1CCN(CCc4ccc(F)cc4)C1)(C3)C2.O=C(N[C@H]1CCN(CCc2ccc(F)cc2)C1)N1C2CC3CC(C2)CC1C3.O=C(N[C@H]1CCN(CCc2ccc(F)cc2)C1)N1CCN2CCC1CC2.O=C(N[C@H]1CCN(CCc2ccc(F)cc2)C1)N1CC[N+]2(O)CCC1CC2. The molecule has 29 heteroatoms. The van der Waals surface area contributed by atoms with Crippen LogP contribution in [0.4, 0.5) is 36.3 Å². The van der Waals surface area contributed by atoms with Crippen molar-refractivity contribution in [1.82, 2.24) is 75.6 Å². The molecule has 4 saturated carbocycles. The van der Waals surface area contributed by atoms with E-state index in [0.29, 0.717) is 60.9 Å². The van der Waals surface area contributed by atoms with Crippen molar-refractivity contribution in [2.75, 3.05) is 190 Å². The molecule has 5 aromatic carbocycles. The second kappa shape index (κ2) is 42.3. The quantitative estimate of drug-likeness (QED) is 0.0253. The lowest BCUT2D eigenvalue weighted by Crippen LogP contribution is -2.73. The minimum absolute atomic E-state index is 0.0285. The topological polar surface area (TPSA) is 218 Å². The molecule has 19 saturated heterocycles. The number of quaternary nitrogens is 2. The highest BCUT2D eigenvalue weighted by Gasteiger charge is 2.67. The third-order valence-corrected chi connectivity index (χ3v) is 35.3. The highest BCUT2D eigenvalue weighted by Crippen LogP contribution is 2.60. The number of rotatable bonds is 22. The summed E-state index contributed by atoms with van der Waals surface area (Å²) in [4.78, 5) is 88.5. The van der Waals surface area contributed by atoms with Gasteiger partial charge in [-0.1, -0.05) is 74.5 Å². The van der Waals surface area contributed by atoms with Gasteiger partial charge in [0.15, 0.2) is 0 Å². The molecular formula is C108H154F5N17O7+2. The van der Waals surface area contributed by atoms with Gasteiger partial charge < -0.3 is 75.6 Å². The summed E-state index contributed by atoms with van der Waals surface area (Å²) in [6.45, 7) is 31.5. The zero-order chi connectivity index (χ0) is 94.8. The second-order valence-corrected chi connectivity index (χ2v) is 46.5. The molecule has 28 rings (SSSR count). The summed E-state index contributed by atoms with van der Waals surface area (Å²) < 4.78 is 65.3. The van der Waals surface area contributed by atoms with E-state index in [1.165, 1.54) is 123 Å². The van der Waals surface area contributed by atoms with Crippen LogP contribution in [-0.4, -0.2) is 343 Å². The minimum Gasteiger partial charge on any atom is -0.352 e. The standard InChI is InChI=1S/C23H32FN3O2.C23H32FN3O.C22H30FN3O.C20H29FN4O2.C20H29FN4O/c1-22-10-18-11-23(14-22,16-27(29,13-18)15-22)21(28)25-20-7-9-26(12-20)8-6-17-2-4-19(24)5-3-17;1-22-10-18-11-23(14-22,16-27(12-18)15-22)21(28)25-20-7-9-26(13-20)8-6-17-2-4-19(24)5-3-17;23-18-3-1-15(2-4-18)5-7-25-8-6-19(14-25)24-22(27)26-20-10-16-9-17(12-20)13-21(26)11-16;21-17-3-1-16(2-4-17)5-9-23-10-6-18(15-23)22-20(26)24-11-14-25(27)12-7-19(24)8-13-25;21-17-3-1-16(2-4-17)5-9-24-10-6-18(15-24)22-20(26)25-14-13-23-11-7-19(25)8-12-23/h2-5,18,20,29H,6-16H2,1H3;2-5,18,20H,6-16H2,1H3,(H,25,28);1-4,16-17,19-21H,5-14H2,(H,24,27);1-4,18-19,27H,5-15H2;1-4,18-19H,5-15H2,(H,22,26)/p+2/t18?,20-,22?,23?,27?;18?,20-,22?,23?;16?,17?,19-,20?,21?;18-,19?,25?;18-/m00000/s1. The van der Waals surface area contributed by atoms with Gasteiger partial charge in [-0.15, -0.1) is 0 Å². The fourth-order valence-electron chi connectivity index (χ4n) is 29.5. The number of carbonyl (C=O) groups is 5. The maximum Gasteiger partial charge on any atom is 0.318 e. The first kappa shape index (κ1) is 97.9.